The predicted molar refractivity (Wildman–Crippen MR) is 112 cm³/mol. The third-order valence-electron chi connectivity index (χ3n) is 6.02. The molecular formula is C23H30N2O2S. The highest BCUT2D eigenvalue weighted by Crippen LogP contribution is 2.32. The molecule has 0 bridgehead atoms. The smallest absolute Gasteiger partial charge is 0.243 e. The molecule has 0 aromatic heterocycles. The summed E-state index contributed by atoms with van der Waals surface area (Å²) in [4.78, 5) is 2.83. The summed E-state index contributed by atoms with van der Waals surface area (Å²) in [6.45, 7) is 8.24. The summed E-state index contributed by atoms with van der Waals surface area (Å²) >= 11 is 0. The largest absolute Gasteiger partial charge is 0.294 e. The van der Waals surface area contributed by atoms with Crippen LogP contribution in [0.2, 0.25) is 0 Å². The second-order valence-electron chi connectivity index (χ2n) is 8.98. The zero-order valence-electron chi connectivity index (χ0n) is 16.9. The van der Waals surface area contributed by atoms with Gasteiger partial charge >= 0.3 is 0 Å². The quantitative estimate of drug-likeness (QED) is 0.780. The number of rotatable bonds is 4. The molecule has 0 N–H and O–H groups in total. The van der Waals surface area contributed by atoms with Gasteiger partial charge < -0.3 is 0 Å². The van der Waals surface area contributed by atoms with Crippen molar-refractivity contribution in [2.75, 3.05) is 19.6 Å². The van der Waals surface area contributed by atoms with E-state index >= 15 is 0 Å². The minimum atomic E-state index is -3.43. The molecule has 0 saturated carbocycles. The van der Waals surface area contributed by atoms with Gasteiger partial charge in [0.15, 0.2) is 0 Å². The summed E-state index contributed by atoms with van der Waals surface area (Å²) in [6, 6.07) is 16.1. The summed E-state index contributed by atoms with van der Waals surface area (Å²) in [7, 11) is -3.43. The van der Waals surface area contributed by atoms with Gasteiger partial charge in [-0.1, -0.05) is 50.2 Å². The molecule has 2 aliphatic heterocycles. The first-order valence-corrected chi connectivity index (χ1v) is 11.7. The highest BCUT2D eigenvalue weighted by molar-refractivity contribution is 7.89. The number of fused-ring (bicyclic) bond motifs is 1. The average Bonchev–Trinajstić information content (AvgIpc) is 2.67. The Labute approximate surface area is 169 Å². The summed E-state index contributed by atoms with van der Waals surface area (Å²) < 4.78 is 28.1. The molecule has 4 rings (SSSR count). The maximum absolute atomic E-state index is 13.2. The van der Waals surface area contributed by atoms with Crippen molar-refractivity contribution >= 4 is 10.0 Å². The van der Waals surface area contributed by atoms with E-state index in [-0.39, 0.29) is 5.41 Å². The van der Waals surface area contributed by atoms with Crippen molar-refractivity contribution in [1.29, 1.82) is 0 Å². The van der Waals surface area contributed by atoms with Gasteiger partial charge in [-0.15, -0.1) is 0 Å². The topological polar surface area (TPSA) is 40.6 Å². The summed E-state index contributed by atoms with van der Waals surface area (Å²) in [5.74, 6) is 0. The number of hydrogen-bond donors (Lipinski definition) is 0. The number of nitrogens with zero attached hydrogens (tertiary/aromatic N) is 2. The molecule has 0 radical (unpaired) electrons. The zero-order chi connectivity index (χ0) is 19.8. The van der Waals surface area contributed by atoms with Crippen LogP contribution in [0.15, 0.2) is 53.4 Å². The van der Waals surface area contributed by atoms with Crippen LogP contribution in [0.25, 0.3) is 0 Å². The number of hydrogen-bond acceptors (Lipinski definition) is 3. The van der Waals surface area contributed by atoms with E-state index in [2.05, 4.69) is 43.0 Å². The van der Waals surface area contributed by atoms with E-state index in [4.69, 9.17) is 0 Å². The van der Waals surface area contributed by atoms with Gasteiger partial charge in [0, 0.05) is 32.7 Å². The predicted octanol–water partition coefficient (Wildman–Crippen LogP) is 4.06. The fourth-order valence-electron chi connectivity index (χ4n) is 4.48. The van der Waals surface area contributed by atoms with E-state index in [9.17, 15) is 8.42 Å². The van der Waals surface area contributed by atoms with Crippen LogP contribution in [-0.2, 0) is 29.5 Å². The molecule has 2 heterocycles. The Hall–Kier alpha value is -1.69. The van der Waals surface area contributed by atoms with E-state index in [1.165, 1.54) is 11.1 Å². The van der Waals surface area contributed by atoms with Gasteiger partial charge in [0.05, 0.1) is 4.90 Å². The van der Waals surface area contributed by atoms with Gasteiger partial charge in [0.2, 0.25) is 10.0 Å². The minimum absolute atomic E-state index is 0.0458. The SMILES string of the molecule is CC1(C)CCCN(S(=O)(=O)c2cccc(CN3CCc4ccccc4C3)c2)C1. The third kappa shape index (κ3) is 4.17. The molecule has 1 saturated heterocycles. The lowest BCUT2D eigenvalue weighted by molar-refractivity contribution is 0.187. The highest BCUT2D eigenvalue weighted by Gasteiger charge is 2.34. The fraction of sp³-hybridized carbons (Fsp3) is 0.478. The molecule has 28 heavy (non-hydrogen) atoms. The van der Waals surface area contributed by atoms with Gasteiger partial charge in [-0.25, -0.2) is 8.42 Å². The van der Waals surface area contributed by atoms with E-state index in [1.54, 1.807) is 10.4 Å². The first kappa shape index (κ1) is 19.6. The van der Waals surface area contributed by atoms with Crippen molar-refractivity contribution in [3.8, 4) is 0 Å². The molecule has 0 amide bonds. The van der Waals surface area contributed by atoms with Crippen LogP contribution in [0.3, 0.4) is 0 Å². The van der Waals surface area contributed by atoms with E-state index < -0.39 is 10.0 Å². The van der Waals surface area contributed by atoms with Crippen LogP contribution >= 0.6 is 0 Å². The maximum Gasteiger partial charge on any atom is 0.243 e. The van der Waals surface area contributed by atoms with E-state index in [0.717, 1.165) is 44.5 Å². The Morgan fingerprint density at radius 2 is 1.79 bits per heavy atom. The molecular weight excluding hydrogens is 368 g/mol. The van der Waals surface area contributed by atoms with Crippen LogP contribution in [0, 0.1) is 5.41 Å². The minimum Gasteiger partial charge on any atom is -0.294 e. The van der Waals surface area contributed by atoms with E-state index in [0.29, 0.717) is 18.0 Å². The summed E-state index contributed by atoms with van der Waals surface area (Å²) in [5.41, 5.74) is 3.93. The lowest BCUT2D eigenvalue weighted by Gasteiger charge is -2.37. The molecule has 2 aromatic rings. The molecule has 0 aliphatic carbocycles. The normalized spacial score (nSPS) is 20.6. The Kier molecular flexibility index (Phi) is 5.34. The molecule has 150 valence electrons. The number of benzene rings is 2. The van der Waals surface area contributed by atoms with Gasteiger partial charge in [-0.3, -0.25) is 4.90 Å². The monoisotopic (exact) mass is 398 g/mol. The maximum atomic E-state index is 13.2. The molecule has 5 heteroatoms. The summed E-state index contributed by atoms with van der Waals surface area (Å²) in [6.07, 6.45) is 3.06. The molecule has 4 nitrogen and oxygen atoms in total. The Balaban J connectivity index is 1.50. The first-order valence-electron chi connectivity index (χ1n) is 10.2. The van der Waals surface area contributed by atoms with Gasteiger partial charge in [0.1, 0.15) is 0 Å². The molecule has 0 unspecified atom stereocenters. The van der Waals surface area contributed by atoms with Gasteiger partial charge in [-0.2, -0.15) is 4.31 Å². The Bertz CT molecular complexity index is 953. The van der Waals surface area contributed by atoms with E-state index in [1.807, 2.05) is 18.2 Å². The zero-order valence-corrected chi connectivity index (χ0v) is 17.7. The second kappa shape index (κ2) is 7.62. The van der Waals surface area contributed by atoms with Crippen molar-refractivity contribution in [2.45, 2.75) is 51.1 Å². The van der Waals surface area contributed by atoms with Crippen molar-refractivity contribution < 1.29 is 8.42 Å². The van der Waals surface area contributed by atoms with Crippen LogP contribution in [0.4, 0.5) is 0 Å². The summed E-state index contributed by atoms with van der Waals surface area (Å²) in [5, 5.41) is 0. The highest BCUT2D eigenvalue weighted by atomic mass is 32.2. The third-order valence-corrected chi connectivity index (χ3v) is 7.86. The van der Waals surface area contributed by atoms with Crippen molar-refractivity contribution in [2.24, 2.45) is 5.41 Å². The fourth-order valence-corrected chi connectivity index (χ4v) is 6.21. The average molecular weight is 399 g/mol. The Morgan fingerprint density at radius 1 is 1.00 bits per heavy atom. The lowest BCUT2D eigenvalue weighted by atomic mass is 9.85. The van der Waals surface area contributed by atoms with Crippen LogP contribution in [0.5, 0.6) is 0 Å². The van der Waals surface area contributed by atoms with Crippen LogP contribution < -0.4 is 0 Å². The van der Waals surface area contributed by atoms with Crippen molar-refractivity contribution in [3.05, 3.63) is 65.2 Å². The molecule has 2 aromatic carbocycles. The van der Waals surface area contributed by atoms with Crippen molar-refractivity contribution in [3.63, 3.8) is 0 Å². The van der Waals surface area contributed by atoms with Crippen molar-refractivity contribution in [1.82, 2.24) is 9.21 Å². The standard InChI is InChI=1S/C23H30N2O2S/c1-23(2)12-6-13-25(18-23)28(26,27)22-10-5-7-19(15-22)16-24-14-11-20-8-3-4-9-21(20)17-24/h3-5,7-10,15H,6,11-14,16-18H2,1-2H3. The Morgan fingerprint density at radius 3 is 2.57 bits per heavy atom. The lowest BCUT2D eigenvalue weighted by Crippen LogP contribution is -2.43. The molecule has 2 aliphatic rings. The molecule has 0 spiro atoms. The molecule has 1 fully saturated rings. The second-order valence-corrected chi connectivity index (χ2v) is 10.9. The number of sulfonamides is 1. The number of piperidine rings is 1. The van der Waals surface area contributed by atoms with Crippen LogP contribution in [0.1, 0.15) is 43.4 Å². The first-order chi connectivity index (χ1) is 13.3. The van der Waals surface area contributed by atoms with Gasteiger partial charge in [-0.05, 0) is 53.5 Å². The molecule has 0 atom stereocenters. The van der Waals surface area contributed by atoms with Crippen LogP contribution in [-0.4, -0.2) is 37.3 Å². The van der Waals surface area contributed by atoms with Gasteiger partial charge in [0.25, 0.3) is 0 Å².